The summed E-state index contributed by atoms with van der Waals surface area (Å²) in [6.07, 6.45) is 3.18. The molecular weight excluding hydrogens is 258 g/mol. The molecule has 0 bridgehead atoms. The Morgan fingerprint density at radius 3 is 2.95 bits per heavy atom. The lowest BCUT2D eigenvalue weighted by molar-refractivity contribution is -0.128. The van der Waals surface area contributed by atoms with Crippen molar-refractivity contribution >= 4 is 17.2 Å². The van der Waals surface area contributed by atoms with Crippen molar-refractivity contribution in [2.24, 2.45) is 5.73 Å². The predicted molar refractivity (Wildman–Crippen MR) is 79.1 cm³/mol. The molecule has 3 unspecified atom stereocenters. The van der Waals surface area contributed by atoms with Crippen LogP contribution in [0.4, 0.5) is 0 Å². The Hall–Kier alpha value is -0.910. The number of carbonyl (C=O) groups is 1. The van der Waals surface area contributed by atoms with Crippen LogP contribution in [0.5, 0.6) is 0 Å². The van der Waals surface area contributed by atoms with E-state index in [2.05, 4.69) is 27.0 Å². The maximum atomic E-state index is 12.1. The van der Waals surface area contributed by atoms with Crippen LogP contribution < -0.4 is 11.1 Å². The van der Waals surface area contributed by atoms with E-state index < -0.39 is 0 Å². The van der Waals surface area contributed by atoms with Crippen molar-refractivity contribution in [2.75, 3.05) is 13.6 Å². The average Bonchev–Trinajstić information content (AvgIpc) is 2.92. The molecule has 1 aliphatic heterocycles. The van der Waals surface area contributed by atoms with Crippen LogP contribution in [0.3, 0.4) is 0 Å². The zero-order chi connectivity index (χ0) is 13.8. The molecule has 2 heterocycles. The van der Waals surface area contributed by atoms with Gasteiger partial charge in [0.15, 0.2) is 0 Å². The number of rotatable bonds is 4. The van der Waals surface area contributed by atoms with Crippen LogP contribution in [-0.2, 0) is 4.79 Å². The number of amides is 1. The summed E-state index contributed by atoms with van der Waals surface area (Å²) in [5.41, 5.74) is 7.43. The number of carbonyl (C=O) groups excluding carboxylic acids is 1. The van der Waals surface area contributed by atoms with Gasteiger partial charge in [-0.2, -0.15) is 11.3 Å². The smallest absolute Gasteiger partial charge is 0.237 e. The Labute approximate surface area is 119 Å². The van der Waals surface area contributed by atoms with Gasteiger partial charge >= 0.3 is 0 Å². The second-order valence-electron chi connectivity index (χ2n) is 5.22. The minimum atomic E-state index is -0.0466. The zero-order valence-electron chi connectivity index (χ0n) is 11.6. The molecule has 0 spiro atoms. The van der Waals surface area contributed by atoms with Gasteiger partial charge in [-0.3, -0.25) is 9.69 Å². The van der Waals surface area contributed by atoms with Crippen LogP contribution >= 0.6 is 11.3 Å². The highest BCUT2D eigenvalue weighted by atomic mass is 32.1. The highest BCUT2D eigenvalue weighted by Gasteiger charge is 2.35. The lowest BCUT2D eigenvalue weighted by Gasteiger charge is -2.41. The molecule has 1 aliphatic rings. The number of nitrogens with one attached hydrogen (secondary N) is 1. The number of nitrogens with zero attached hydrogens (tertiary/aromatic N) is 1. The molecular formula is C14H23N3OS. The Morgan fingerprint density at radius 2 is 2.37 bits per heavy atom. The second kappa shape index (κ2) is 6.50. The van der Waals surface area contributed by atoms with E-state index in [0.717, 1.165) is 25.8 Å². The largest absolute Gasteiger partial charge is 0.358 e. The molecule has 1 fully saturated rings. The third-order valence-electron chi connectivity index (χ3n) is 3.83. The molecule has 19 heavy (non-hydrogen) atoms. The fraction of sp³-hybridized carbons (Fsp3) is 0.643. The molecule has 0 aromatic carbocycles. The maximum Gasteiger partial charge on any atom is 0.237 e. The lowest BCUT2D eigenvalue weighted by atomic mass is 9.94. The first-order valence-corrected chi connectivity index (χ1v) is 7.84. The molecule has 3 N–H and O–H groups in total. The van der Waals surface area contributed by atoms with Gasteiger partial charge in [0, 0.05) is 13.1 Å². The summed E-state index contributed by atoms with van der Waals surface area (Å²) < 4.78 is 0. The van der Waals surface area contributed by atoms with Crippen LogP contribution in [0.25, 0.3) is 0 Å². The Morgan fingerprint density at radius 1 is 1.58 bits per heavy atom. The molecule has 4 nitrogen and oxygen atoms in total. The van der Waals surface area contributed by atoms with Crippen LogP contribution in [0.15, 0.2) is 16.8 Å². The second-order valence-corrected chi connectivity index (χ2v) is 6.00. The van der Waals surface area contributed by atoms with E-state index in [4.69, 9.17) is 5.73 Å². The van der Waals surface area contributed by atoms with Crippen LogP contribution in [0.1, 0.15) is 37.8 Å². The molecule has 106 valence electrons. The van der Waals surface area contributed by atoms with Gasteiger partial charge in [-0.1, -0.05) is 6.42 Å². The first kappa shape index (κ1) is 14.5. The van der Waals surface area contributed by atoms with Gasteiger partial charge < -0.3 is 11.1 Å². The maximum absolute atomic E-state index is 12.1. The zero-order valence-corrected chi connectivity index (χ0v) is 12.5. The normalized spacial score (nSPS) is 23.8. The fourth-order valence-corrected chi connectivity index (χ4v) is 3.66. The topological polar surface area (TPSA) is 58.4 Å². The average molecular weight is 281 g/mol. The number of piperidine rings is 1. The fourth-order valence-electron chi connectivity index (χ4n) is 2.98. The lowest BCUT2D eigenvalue weighted by Crippen LogP contribution is -2.53. The van der Waals surface area contributed by atoms with Crippen molar-refractivity contribution in [1.29, 1.82) is 0 Å². The molecule has 1 aromatic heterocycles. The van der Waals surface area contributed by atoms with Crippen molar-refractivity contribution in [3.05, 3.63) is 22.4 Å². The van der Waals surface area contributed by atoms with E-state index in [1.165, 1.54) is 5.56 Å². The van der Waals surface area contributed by atoms with Gasteiger partial charge in [-0.15, -0.1) is 0 Å². The molecule has 0 saturated carbocycles. The summed E-state index contributed by atoms with van der Waals surface area (Å²) in [4.78, 5) is 14.4. The monoisotopic (exact) mass is 281 g/mol. The number of likely N-dealkylation sites (N-methyl/N-ethyl adjacent to an activating group) is 1. The van der Waals surface area contributed by atoms with Crippen molar-refractivity contribution in [2.45, 2.75) is 44.3 Å². The van der Waals surface area contributed by atoms with Gasteiger partial charge in [0.2, 0.25) is 5.91 Å². The molecule has 0 aliphatic carbocycles. The summed E-state index contributed by atoms with van der Waals surface area (Å²) in [6.45, 7) is 2.97. The highest BCUT2D eigenvalue weighted by Crippen LogP contribution is 2.31. The van der Waals surface area contributed by atoms with E-state index in [1.54, 1.807) is 18.4 Å². The standard InChI is InChI=1S/C14H23N3OS/c1-10(15)13(11-6-8-19-9-11)17-7-4-3-5-12(17)14(18)16-2/h6,8-10,12-13H,3-5,7,15H2,1-2H3,(H,16,18). The third kappa shape index (κ3) is 3.16. The summed E-state index contributed by atoms with van der Waals surface area (Å²) in [6, 6.07) is 2.22. The molecule has 2 rings (SSSR count). The summed E-state index contributed by atoms with van der Waals surface area (Å²) >= 11 is 1.68. The summed E-state index contributed by atoms with van der Waals surface area (Å²) in [5, 5.41) is 7.00. The highest BCUT2D eigenvalue weighted by molar-refractivity contribution is 7.07. The van der Waals surface area contributed by atoms with E-state index >= 15 is 0 Å². The molecule has 3 atom stereocenters. The van der Waals surface area contributed by atoms with Crippen molar-refractivity contribution in [3.8, 4) is 0 Å². The molecule has 1 aromatic rings. The molecule has 0 radical (unpaired) electrons. The van der Waals surface area contributed by atoms with Gasteiger partial charge in [0.1, 0.15) is 0 Å². The molecule has 5 heteroatoms. The Bertz CT molecular complexity index is 405. The summed E-state index contributed by atoms with van der Waals surface area (Å²) in [5.74, 6) is 0.112. The quantitative estimate of drug-likeness (QED) is 0.884. The van der Waals surface area contributed by atoms with E-state index in [9.17, 15) is 4.79 Å². The van der Waals surface area contributed by atoms with Crippen molar-refractivity contribution in [1.82, 2.24) is 10.2 Å². The van der Waals surface area contributed by atoms with Crippen molar-refractivity contribution < 1.29 is 4.79 Å². The van der Waals surface area contributed by atoms with E-state index in [1.807, 2.05) is 6.92 Å². The SMILES string of the molecule is CNC(=O)C1CCCCN1C(c1ccsc1)C(C)N. The minimum absolute atomic E-state index is 0.0138. The molecule has 1 saturated heterocycles. The summed E-state index contributed by atoms with van der Waals surface area (Å²) in [7, 11) is 1.71. The predicted octanol–water partition coefficient (Wildman–Crippen LogP) is 1.74. The van der Waals surface area contributed by atoms with E-state index in [0.29, 0.717) is 0 Å². The van der Waals surface area contributed by atoms with Gasteiger partial charge in [0.25, 0.3) is 0 Å². The van der Waals surface area contributed by atoms with E-state index in [-0.39, 0.29) is 24.0 Å². The number of likely N-dealkylation sites (tertiary alicyclic amines) is 1. The number of hydrogen-bond acceptors (Lipinski definition) is 4. The van der Waals surface area contributed by atoms with Crippen LogP contribution in [0, 0.1) is 0 Å². The number of thiophene rings is 1. The van der Waals surface area contributed by atoms with Crippen LogP contribution in [0.2, 0.25) is 0 Å². The Balaban J connectivity index is 2.25. The first-order valence-electron chi connectivity index (χ1n) is 6.90. The van der Waals surface area contributed by atoms with Gasteiger partial charge in [0.05, 0.1) is 12.1 Å². The third-order valence-corrected chi connectivity index (χ3v) is 4.53. The van der Waals surface area contributed by atoms with Gasteiger partial charge in [-0.05, 0) is 48.7 Å². The van der Waals surface area contributed by atoms with Crippen molar-refractivity contribution in [3.63, 3.8) is 0 Å². The van der Waals surface area contributed by atoms with Gasteiger partial charge in [-0.25, -0.2) is 0 Å². The first-order chi connectivity index (χ1) is 9.15. The number of hydrogen-bond donors (Lipinski definition) is 2. The number of nitrogens with two attached hydrogens (primary N) is 1. The Kier molecular flexibility index (Phi) is 4.96. The van der Waals surface area contributed by atoms with Crippen LogP contribution in [-0.4, -0.2) is 36.5 Å². The molecule has 1 amide bonds. The minimum Gasteiger partial charge on any atom is -0.358 e.